The molecule has 2 fully saturated rings. The first-order valence-corrected chi connectivity index (χ1v) is 8.16. The molecule has 1 aliphatic carbocycles. The Balaban J connectivity index is 0.000000956. The maximum Gasteiger partial charge on any atom is 0.320 e. The third kappa shape index (κ3) is 3.46. The van der Waals surface area contributed by atoms with E-state index in [0.717, 1.165) is 19.6 Å². The SMILES string of the molecule is CC.CC(C)N(C)C(=O)N1CCN(C(C)C)C2(CC2)C1. The lowest BCUT2D eigenvalue weighted by Crippen LogP contribution is -2.60. The summed E-state index contributed by atoms with van der Waals surface area (Å²) in [6.45, 7) is 15.5. The Labute approximate surface area is 125 Å². The normalized spacial score (nSPS) is 20.9. The van der Waals surface area contributed by atoms with Crippen molar-refractivity contribution in [2.45, 2.75) is 72.0 Å². The zero-order valence-corrected chi connectivity index (χ0v) is 14.4. The summed E-state index contributed by atoms with van der Waals surface area (Å²) in [4.78, 5) is 18.9. The topological polar surface area (TPSA) is 26.8 Å². The van der Waals surface area contributed by atoms with Gasteiger partial charge in [-0.1, -0.05) is 13.8 Å². The summed E-state index contributed by atoms with van der Waals surface area (Å²) in [5.41, 5.74) is 0.305. The number of hydrogen-bond acceptors (Lipinski definition) is 2. The van der Waals surface area contributed by atoms with Gasteiger partial charge in [0.2, 0.25) is 0 Å². The predicted molar refractivity (Wildman–Crippen MR) is 85.0 cm³/mol. The van der Waals surface area contributed by atoms with Gasteiger partial charge in [0.25, 0.3) is 0 Å². The lowest BCUT2D eigenvalue weighted by molar-refractivity contribution is 0.0418. The van der Waals surface area contributed by atoms with Crippen molar-refractivity contribution in [1.29, 1.82) is 0 Å². The van der Waals surface area contributed by atoms with Crippen LogP contribution in [-0.2, 0) is 0 Å². The summed E-state index contributed by atoms with van der Waals surface area (Å²) in [5.74, 6) is 0. The Hall–Kier alpha value is -0.770. The first-order chi connectivity index (χ1) is 9.37. The molecule has 1 heterocycles. The molecule has 0 atom stereocenters. The molecule has 0 aromatic carbocycles. The van der Waals surface area contributed by atoms with Crippen LogP contribution in [0.4, 0.5) is 4.79 Å². The summed E-state index contributed by atoms with van der Waals surface area (Å²) >= 11 is 0. The fourth-order valence-electron chi connectivity index (χ4n) is 2.99. The molecule has 2 rings (SSSR count). The van der Waals surface area contributed by atoms with Gasteiger partial charge in [0.1, 0.15) is 0 Å². The fraction of sp³-hybridized carbons (Fsp3) is 0.938. The van der Waals surface area contributed by atoms with Crippen LogP contribution in [0.5, 0.6) is 0 Å². The van der Waals surface area contributed by atoms with Crippen LogP contribution in [0, 0.1) is 0 Å². The van der Waals surface area contributed by atoms with Gasteiger partial charge in [-0.2, -0.15) is 0 Å². The Morgan fingerprint density at radius 3 is 2.05 bits per heavy atom. The molecule has 2 aliphatic rings. The van der Waals surface area contributed by atoms with Crippen molar-refractivity contribution in [3.05, 3.63) is 0 Å². The predicted octanol–water partition coefficient (Wildman–Crippen LogP) is 3.03. The first kappa shape index (κ1) is 17.3. The van der Waals surface area contributed by atoms with Gasteiger partial charge in [-0.15, -0.1) is 0 Å². The van der Waals surface area contributed by atoms with Gasteiger partial charge in [0.05, 0.1) is 0 Å². The second-order valence-corrected chi connectivity index (χ2v) is 6.42. The molecule has 1 aliphatic heterocycles. The van der Waals surface area contributed by atoms with E-state index >= 15 is 0 Å². The maximum absolute atomic E-state index is 12.4. The van der Waals surface area contributed by atoms with Crippen molar-refractivity contribution >= 4 is 6.03 Å². The van der Waals surface area contributed by atoms with E-state index < -0.39 is 0 Å². The second kappa shape index (κ2) is 6.79. The first-order valence-electron chi connectivity index (χ1n) is 8.16. The van der Waals surface area contributed by atoms with Crippen molar-refractivity contribution in [2.75, 3.05) is 26.7 Å². The number of rotatable bonds is 2. The molecule has 4 heteroatoms. The minimum atomic E-state index is 0.194. The Morgan fingerprint density at radius 2 is 1.65 bits per heavy atom. The minimum Gasteiger partial charge on any atom is -0.325 e. The van der Waals surface area contributed by atoms with Gasteiger partial charge < -0.3 is 9.80 Å². The quantitative estimate of drug-likeness (QED) is 0.779. The lowest BCUT2D eigenvalue weighted by Gasteiger charge is -2.45. The Morgan fingerprint density at radius 1 is 1.10 bits per heavy atom. The van der Waals surface area contributed by atoms with E-state index in [1.807, 2.05) is 30.7 Å². The highest BCUT2D eigenvalue weighted by Gasteiger charge is 2.52. The number of hydrogen-bond donors (Lipinski definition) is 0. The van der Waals surface area contributed by atoms with Crippen molar-refractivity contribution in [2.24, 2.45) is 0 Å². The number of piperazine rings is 1. The van der Waals surface area contributed by atoms with Gasteiger partial charge >= 0.3 is 6.03 Å². The van der Waals surface area contributed by atoms with Crippen LogP contribution in [-0.4, -0.2) is 65.0 Å². The molecule has 118 valence electrons. The van der Waals surface area contributed by atoms with Crippen molar-refractivity contribution in [3.8, 4) is 0 Å². The van der Waals surface area contributed by atoms with Gasteiger partial charge in [0.15, 0.2) is 0 Å². The minimum absolute atomic E-state index is 0.194. The third-order valence-electron chi connectivity index (χ3n) is 4.50. The molecular weight excluding hydrogens is 250 g/mol. The van der Waals surface area contributed by atoms with Crippen LogP contribution in [0.2, 0.25) is 0 Å². The van der Waals surface area contributed by atoms with Crippen LogP contribution in [0.15, 0.2) is 0 Å². The summed E-state index contributed by atoms with van der Waals surface area (Å²) < 4.78 is 0. The van der Waals surface area contributed by atoms with Crippen LogP contribution in [0.1, 0.15) is 54.4 Å². The van der Waals surface area contributed by atoms with Crippen LogP contribution < -0.4 is 0 Å². The van der Waals surface area contributed by atoms with E-state index in [9.17, 15) is 4.79 Å². The number of carbonyl (C=O) groups excluding carboxylic acids is 1. The number of urea groups is 1. The summed E-state index contributed by atoms with van der Waals surface area (Å²) in [5, 5.41) is 0. The molecule has 2 amide bonds. The summed E-state index contributed by atoms with van der Waals surface area (Å²) in [7, 11) is 1.90. The van der Waals surface area contributed by atoms with Crippen molar-refractivity contribution < 1.29 is 4.79 Å². The molecule has 0 aromatic rings. The van der Waals surface area contributed by atoms with Crippen LogP contribution in [0.25, 0.3) is 0 Å². The molecule has 0 bridgehead atoms. The number of amides is 2. The lowest BCUT2D eigenvalue weighted by atomic mass is 10.1. The molecule has 20 heavy (non-hydrogen) atoms. The second-order valence-electron chi connectivity index (χ2n) is 6.42. The summed E-state index contributed by atoms with van der Waals surface area (Å²) in [6, 6.07) is 1.06. The zero-order chi connectivity index (χ0) is 15.5. The largest absolute Gasteiger partial charge is 0.325 e. The highest BCUT2D eigenvalue weighted by Crippen LogP contribution is 2.45. The standard InChI is InChI=1S/C14H27N3O.C2H6/c1-11(2)15(5)13(18)16-8-9-17(12(3)4)14(10-16)6-7-14;1-2/h11-12H,6-10H2,1-5H3;1-2H3. The highest BCUT2D eigenvalue weighted by atomic mass is 16.2. The van der Waals surface area contributed by atoms with Gasteiger partial charge in [-0.3, -0.25) is 4.90 Å². The van der Waals surface area contributed by atoms with Crippen molar-refractivity contribution in [3.63, 3.8) is 0 Å². The molecule has 1 saturated heterocycles. The molecule has 4 nitrogen and oxygen atoms in total. The average molecular weight is 283 g/mol. The molecule has 1 spiro atoms. The van der Waals surface area contributed by atoms with E-state index in [-0.39, 0.29) is 12.1 Å². The third-order valence-corrected chi connectivity index (χ3v) is 4.50. The molecule has 0 aromatic heterocycles. The van der Waals surface area contributed by atoms with Gasteiger partial charge in [-0.05, 0) is 40.5 Å². The highest BCUT2D eigenvalue weighted by molar-refractivity contribution is 5.74. The number of carbonyl (C=O) groups is 1. The van der Waals surface area contributed by atoms with Gasteiger partial charge in [0, 0.05) is 44.3 Å². The smallest absolute Gasteiger partial charge is 0.320 e. The molecular formula is C16H33N3O. The monoisotopic (exact) mass is 283 g/mol. The zero-order valence-electron chi connectivity index (χ0n) is 14.4. The number of nitrogens with zero attached hydrogens (tertiary/aromatic N) is 3. The summed E-state index contributed by atoms with van der Waals surface area (Å²) in [6.07, 6.45) is 2.50. The van der Waals surface area contributed by atoms with E-state index in [0.29, 0.717) is 11.6 Å². The van der Waals surface area contributed by atoms with Crippen LogP contribution in [0.3, 0.4) is 0 Å². The van der Waals surface area contributed by atoms with Crippen LogP contribution >= 0.6 is 0 Å². The fourth-order valence-corrected chi connectivity index (χ4v) is 2.99. The van der Waals surface area contributed by atoms with E-state index in [4.69, 9.17) is 0 Å². The Kier molecular flexibility index (Phi) is 5.87. The van der Waals surface area contributed by atoms with E-state index in [1.54, 1.807) is 0 Å². The van der Waals surface area contributed by atoms with E-state index in [1.165, 1.54) is 12.8 Å². The Bertz CT molecular complexity index is 324. The average Bonchev–Trinajstić information content (AvgIpc) is 3.18. The van der Waals surface area contributed by atoms with Crippen molar-refractivity contribution in [1.82, 2.24) is 14.7 Å². The van der Waals surface area contributed by atoms with E-state index in [2.05, 4.69) is 32.6 Å². The molecule has 0 radical (unpaired) electrons. The van der Waals surface area contributed by atoms with Gasteiger partial charge in [-0.25, -0.2) is 4.79 Å². The molecule has 1 saturated carbocycles. The molecule has 0 N–H and O–H groups in total. The maximum atomic E-state index is 12.4. The molecule has 0 unspecified atom stereocenters.